The fourth-order valence-electron chi connectivity index (χ4n) is 3.68. The number of aryl methyl sites for hydroxylation is 3. The van der Waals surface area contributed by atoms with E-state index in [0.717, 1.165) is 47.0 Å². The van der Waals surface area contributed by atoms with Crippen molar-refractivity contribution in [1.29, 1.82) is 0 Å². The summed E-state index contributed by atoms with van der Waals surface area (Å²) in [5.41, 5.74) is 4.48. The van der Waals surface area contributed by atoms with Gasteiger partial charge in [0.05, 0.1) is 11.4 Å². The number of nitrogens with zero attached hydrogens (tertiary/aromatic N) is 5. The summed E-state index contributed by atoms with van der Waals surface area (Å²) in [6.45, 7) is 5.37. The van der Waals surface area contributed by atoms with Crippen LogP contribution in [-0.2, 0) is 22.6 Å². The van der Waals surface area contributed by atoms with Crippen LogP contribution in [0.3, 0.4) is 0 Å². The molecule has 1 amide bonds. The van der Waals surface area contributed by atoms with Gasteiger partial charge in [0.2, 0.25) is 5.91 Å². The van der Waals surface area contributed by atoms with Gasteiger partial charge in [0.1, 0.15) is 11.6 Å². The van der Waals surface area contributed by atoms with Crippen LogP contribution in [0.4, 0.5) is 5.82 Å². The fourth-order valence-corrected chi connectivity index (χ4v) is 3.68. The molecular formula is C23H25N5O2. The average Bonchev–Trinajstić information content (AvgIpc) is 3.13. The van der Waals surface area contributed by atoms with E-state index in [4.69, 9.17) is 0 Å². The Labute approximate surface area is 175 Å². The van der Waals surface area contributed by atoms with E-state index in [-0.39, 0.29) is 31.0 Å². The van der Waals surface area contributed by atoms with Crippen LogP contribution < -0.4 is 4.90 Å². The number of amides is 1. The number of aromatic nitrogens is 4. The SMILES string of the molecule is Cc1ccc(-c2ccc(CC(=O)CCC(=O)N3CCCn4nc(C)cc43)cn2)cn1. The third-order valence-corrected chi connectivity index (χ3v) is 5.26. The smallest absolute Gasteiger partial charge is 0.228 e. The van der Waals surface area contributed by atoms with Gasteiger partial charge < -0.3 is 0 Å². The first-order chi connectivity index (χ1) is 14.5. The minimum absolute atomic E-state index is 0.0236. The van der Waals surface area contributed by atoms with Crippen molar-refractivity contribution in [2.45, 2.75) is 46.1 Å². The van der Waals surface area contributed by atoms with Crippen molar-refractivity contribution in [3.8, 4) is 11.3 Å². The van der Waals surface area contributed by atoms with Crippen LogP contribution in [0.2, 0.25) is 0 Å². The average molecular weight is 403 g/mol. The quantitative estimate of drug-likeness (QED) is 0.631. The molecule has 0 radical (unpaired) electrons. The molecule has 4 rings (SSSR count). The number of pyridine rings is 2. The standard InChI is InChI=1S/C23H25N5O2/c1-16-4-6-19(15-24-16)21-8-5-18(14-25-21)13-20(29)7-9-23(30)27-10-3-11-28-22(27)12-17(2)26-28/h4-6,8,12,14-15H,3,7,9-11,13H2,1-2H3. The predicted octanol–water partition coefficient (Wildman–Crippen LogP) is 3.29. The number of anilines is 1. The number of Topliss-reactive ketones (excluding diaryl/α,β-unsaturated/α-hetero) is 1. The lowest BCUT2D eigenvalue weighted by molar-refractivity contribution is -0.123. The summed E-state index contributed by atoms with van der Waals surface area (Å²) in [7, 11) is 0. The number of hydrogen-bond donors (Lipinski definition) is 0. The Balaban J connectivity index is 1.32. The molecule has 4 heterocycles. The van der Waals surface area contributed by atoms with Gasteiger partial charge in [0, 0.05) is 62.1 Å². The van der Waals surface area contributed by atoms with Crippen molar-refractivity contribution >= 4 is 17.5 Å². The summed E-state index contributed by atoms with van der Waals surface area (Å²) in [4.78, 5) is 35.6. The lowest BCUT2D eigenvalue weighted by Gasteiger charge is -2.27. The third kappa shape index (κ3) is 4.45. The molecule has 0 saturated heterocycles. The number of rotatable bonds is 6. The summed E-state index contributed by atoms with van der Waals surface area (Å²) >= 11 is 0. The zero-order chi connectivity index (χ0) is 21.1. The van der Waals surface area contributed by atoms with Crippen molar-refractivity contribution in [3.05, 3.63) is 59.7 Å². The molecule has 7 heteroatoms. The molecule has 3 aromatic rings. The molecule has 0 fully saturated rings. The zero-order valence-corrected chi connectivity index (χ0v) is 17.3. The van der Waals surface area contributed by atoms with E-state index in [1.165, 1.54) is 0 Å². The van der Waals surface area contributed by atoms with Crippen molar-refractivity contribution in [3.63, 3.8) is 0 Å². The first-order valence-electron chi connectivity index (χ1n) is 10.2. The molecular weight excluding hydrogens is 378 g/mol. The highest BCUT2D eigenvalue weighted by Gasteiger charge is 2.24. The van der Waals surface area contributed by atoms with Gasteiger partial charge in [-0.1, -0.05) is 6.07 Å². The molecule has 0 bridgehead atoms. The summed E-state index contributed by atoms with van der Waals surface area (Å²) in [5, 5.41) is 4.41. The number of carbonyl (C=O) groups excluding carboxylic acids is 2. The second-order valence-corrected chi connectivity index (χ2v) is 7.72. The van der Waals surface area contributed by atoms with E-state index < -0.39 is 0 Å². The van der Waals surface area contributed by atoms with Gasteiger partial charge in [-0.05, 0) is 44.0 Å². The van der Waals surface area contributed by atoms with Gasteiger partial charge in [-0.15, -0.1) is 0 Å². The maximum Gasteiger partial charge on any atom is 0.228 e. The number of hydrogen-bond acceptors (Lipinski definition) is 5. The molecule has 7 nitrogen and oxygen atoms in total. The van der Waals surface area contributed by atoms with Crippen LogP contribution >= 0.6 is 0 Å². The van der Waals surface area contributed by atoms with Crippen molar-refractivity contribution < 1.29 is 9.59 Å². The summed E-state index contributed by atoms with van der Waals surface area (Å²) in [6.07, 6.45) is 5.12. The Hall–Kier alpha value is -3.35. The topological polar surface area (TPSA) is 81.0 Å². The van der Waals surface area contributed by atoms with Crippen LogP contribution in [0.15, 0.2) is 42.7 Å². The van der Waals surface area contributed by atoms with Gasteiger partial charge in [-0.25, -0.2) is 4.68 Å². The second-order valence-electron chi connectivity index (χ2n) is 7.72. The normalized spacial score (nSPS) is 13.2. The Morgan fingerprint density at radius 3 is 2.57 bits per heavy atom. The van der Waals surface area contributed by atoms with Crippen molar-refractivity contribution in [2.75, 3.05) is 11.4 Å². The Kier molecular flexibility index (Phi) is 5.70. The van der Waals surface area contributed by atoms with Gasteiger partial charge in [-0.2, -0.15) is 5.10 Å². The Morgan fingerprint density at radius 2 is 1.83 bits per heavy atom. The molecule has 3 aromatic heterocycles. The number of carbonyl (C=O) groups is 2. The van der Waals surface area contributed by atoms with E-state index in [9.17, 15) is 9.59 Å². The molecule has 0 atom stereocenters. The number of fused-ring (bicyclic) bond motifs is 1. The van der Waals surface area contributed by atoms with Crippen LogP contribution in [0.5, 0.6) is 0 Å². The van der Waals surface area contributed by atoms with Gasteiger partial charge in [-0.3, -0.25) is 24.5 Å². The number of ketones is 1. The zero-order valence-electron chi connectivity index (χ0n) is 17.3. The summed E-state index contributed by atoms with van der Waals surface area (Å²) < 4.78 is 1.87. The van der Waals surface area contributed by atoms with Crippen LogP contribution in [-0.4, -0.2) is 38.0 Å². The highest BCUT2D eigenvalue weighted by atomic mass is 16.2. The molecule has 1 aliphatic heterocycles. The maximum atomic E-state index is 12.7. The van der Waals surface area contributed by atoms with Crippen molar-refractivity contribution in [1.82, 2.24) is 19.7 Å². The minimum atomic E-state index is -0.0236. The Bertz CT molecular complexity index is 1050. The molecule has 0 N–H and O–H groups in total. The lowest BCUT2D eigenvalue weighted by atomic mass is 10.1. The Morgan fingerprint density at radius 1 is 0.967 bits per heavy atom. The van der Waals surface area contributed by atoms with Gasteiger partial charge in [0.25, 0.3) is 0 Å². The molecule has 0 unspecified atom stereocenters. The molecule has 30 heavy (non-hydrogen) atoms. The molecule has 0 spiro atoms. The second kappa shape index (κ2) is 8.57. The van der Waals surface area contributed by atoms with Crippen LogP contribution in [0.25, 0.3) is 11.3 Å². The first kappa shape index (κ1) is 19.9. The van der Waals surface area contributed by atoms with Crippen molar-refractivity contribution in [2.24, 2.45) is 0 Å². The monoisotopic (exact) mass is 403 g/mol. The van der Waals surface area contributed by atoms with E-state index in [1.807, 2.05) is 48.9 Å². The minimum Gasteiger partial charge on any atom is -0.299 e. The van der Waals surface area contributed by atoms with Gasteiger partial charge >= 0.3 is 0 Å². The molecule has 0 aromatic carbocycles. The summed E-state index contributed by atoms with van der Waals surface area (Å²) in [6, 6.07) is 9.66. The molecule has 0 saturated carbocycles. The van der Waals surface area contributed by atoms with E-state index >= 15 is 0 Å². The van der Waals surface area contributed by atoms with Crippen LogP contribution in [0, 0.1) is 13.8 Å². The predicted molar refractivity (Wildman–Crippen MR) is 114 cm³/mol. The third-order valence-electron chi connectivity index (χ3n) is 5.26. The molecule has 1 aliphatic rings. The van der Waals surface area contributed by atoms with Crippen LogP contribution in [0.1, 0.15) is 36.2 Å². The fraction of sp³-hybridized carbons (Fsp3) is 0.348. The van der Waals surface area contributed by atoms with E-state index in [1.54, 1.807) is 17.3 Å². The maximum absolute atomic E-state index is 12.7. The lowest BCUT2D eigenvalue weighted by Crippen LogP contribution is -2.37. The molecule has 0 aliphatic carbocycles. The first-order valence-corrected chi connectivity index (χ1v) is 10.2. The highest BCUT2D eigenvalue weighted by molar-refractivity contribution is 5.95. The van der Waals surface area contributed by atoms with E-state index in [0.29, 0.717) is 6.54 Å². The summed E-state index contributed by atoms with van der Waals surface area (Å²) in [5.74, 6) is 0.850. The highest BCUT2D eigenvalue weighted by Crippen LogP contribution is 2.23. The largest absolute Gasteiger partial charge is 0.299 e. The van der Waals surface area contributed by atoms with Gasteiger partial charge in [0.15, 0.2) is 0 Å². The molecule has 154 valence electrons. The van der Waals surface area contributed by atoms with E-state index in [2.05, 4.69) is 15.1 Å².